The van der Waals surface area contributed by atoms with E-state index in [0.29, 0.717) is 0 Å². The summed E-state index contributed by atoms with van der Waals surface area (Å²) >= 11 is 0. The van der Waals surface area contributed by atoms with Crippen molar-refractivity contribution < 1.29 is 56.4 Å². The lowest BCUT2D eigenvalue weighted by Gasteiger charge is -2.19. The predicted octanol–water partition coefficient (Wildman–Crippen LogP) is -0.159. The van der Waals surface area contributed by atoms with Gasteiger partial charge in [0.2, 0.25) is 0 Å². The highest BCUT2D eigenvalue weighted by Gasteiger charge is 2.41. The van der Waals surface area contributed by atoms with Crippen LogP contribution in [-0.4, -0.2) is 47.0 Å². The molecule has 0 fully saturated rings. The van der Waals surface area contributed by atoms with Crippen molar-refractivity contribution >= 4 is 29.3 Å². The van der Waals surface area contributed by atoms with Crippen molar-refractivity contribution in [1.82, 2.24) is 9.55 Å². The van der Waals surface area contributed by atoms with Gasteiger partial charge in [0.15, 0.2) is 12.0 Å². The molecule has 2 unspecified atom stereocenters. The fraction of sp³-hybridized carbons (Fsp3) is 0.333. The first kappa shape index (κ1) is 23.0. The molecule has 28 heavy (non-hydrogen) atoms. The number of nitrogens with one attached hydrogen (secondary N) is 1. The Labute approximate surface area is 155 Å². The van der Waals surface area contributed by atoms with Crippen molar-refractivity contribution in [2.45, 2.75) is 12.3 Å². The Morgan fingerprint density at radius 2 is 1.82 bits per heavy atom. The van der Waals surface area contributed by atoms with Crippen molar-refractivity contribution in [2.24, 2.45) is 0 Å². The van der Waals surface area contributed by atoms with E-state index in [4.69, 9.17) is 24.6 Å². The van der Waals surface area contributed by atoms with Crippen LogP contribution >= 0.6 is 23.5 Å². The maximum absolute atomic E-state index is 11.8. The maximum Gasteiger partial charge on any atom is 0.490 e. The van der Waals surface area contributed by atoms with Gasteiger partial charge in [0.1, 0.15) is 6.10 Å². The normalized spacial score (nSPS) is 23.9. The molecule has 0 aromatic carbocycles. The van der Waals surface area contributed by atoms with Crippen LogP contribution in [0.5, 0.6) is 0 Å². The summed E-state index contributed by atoms with van der Waals surface area (Å²) in [5.41, 5.74) is 0.896. The zero-order valence-corrected chi connectivity index (χ0v) is 16.1. The van der Waals surface area contributed by atoms with Crippen LogP contribution in [-0.2, 0) is 31.6 Å². The lowest BCUT2D eigenvalue weighted by molar-refractivity contribution is -0.0103. The molecule has 0 spiro atoms. The average molecular weight is 465 g/mol. The van der Waals surface area contributed by atoms with E-state index in [1.807, 2.05) is 0 Å². The molecular weight excluding hydrogens is 451 g/mol. The Hall–Kier alpha value is -1.25. The van der Waals surface area contributed by atoms with E-state index in [-0.39, 0.29) is 5.82 Å². The van der Waals surface area contributed by atoms with E-state index < -0.39 is 48.1 Å². The molecule has 0 saturated carbocycles. The van der Waals surface area contributed by atoms with E-state index in [0.717, 1.165) is 4.57 Å². The first-order chi connectivity index (χ1) is 12.8. The Balaban J connectivity index is 1.93. The third-order valence-electron chi connectivity index (χ3n) is 2.84. The second kappa shape index (κ2) is 8.63. The van der Waals surface area contributed by atoms with Crippen LogP contribution in [0.2, 0.25) is 0 Å². The monoisotopic (exact) mass is 465 g/mol. The molecule has 158 valence electrons. The fourth-order valence-electron chi connectivity index (χ4n) is 1.88. The first-order valence-corrected chi connectivity index (χ1v) is 11.4. The number of phosphoric ester groups is 1. The molecule has 4 atom stereocenters. The average Bonchev–Trinajstić information content (AvgIpc) is 2.98. The summed E-state index contributed by atoms with van der Waals surface area (Å²) in [5, 5.41) is 8.68. The highest BCUT2D eigenvalue weighted by atomic mass is 31.3. The fourth-order valence-corrected chi connectivity index (χ4v) is 4.91. The van der Waals surface area contributed by atoms with Gasteiger partial charge in [-0.2, -0.15) is 13.6 Å². The predicted molar refractivity (Wildman–Crippen MR) is 86.8 cm³/mol. The third-order valence-corrected chi connectivity index (χ3v) is 6.64. The van der Waals surface area contributed by atoms with Gasteiger partial charge in [0.25, 0.3) is 0 Å². The second-order valence-corrected chi connectivity index (χ2v) is 9.37. The molecule has 0 bridgehead atoms. The summed E-state index contributed by atoms with van der Waals surface area (Å²) in [5.74, 6) is -0.104. The van der Waals surface area contributed by atoms with E-state index >= 15 is 0 Å². The van der Waals surface area contributed by atoms with Crippen molar-refractivity contribution in [3.05, 3.63) is 34.9 Å². The number of aromatic nitrogens is 2. The van der Waals surface area contributed by atoms with E-state index in [1.54, 1.807) is 5.48 Å². The van der Waals surface area contributed by atoms with Gasteiger partial charge in [-0.15, -0.1) is 0 Å². The summed E-state index contributed by atoms with van der Waals surface area (Å²) < 4.78 is 51.3. The van der Waals surface area contributed by atoms with Crippen molar-refractivity contribution in [3.63, 3.8) is 0 Å². The van der Waals surface area contributed by atoms with E-state index in [1.165, 1.54) is 24.4 Å². The molecule has 16 nitrogen and oxygen atoms in total. The standard InChI is InChI=1S/C9H14N3O13P3/c13-9-10-7(11-14)3-4-12(9)8-2-1-6(23-8)5-22-27(18,19)25-28(20,21)24-26(15,16)17/h1-4,6,8,14H,5H2,(H,18,19)(H,20,21)(H,10,11,13)(H2,15,16,17)/t6-,8+/m1/s1. The zero-order chi connectivity index (χ0) is 21.2. The lowest BCUT2D eigenvalue weighted by Crippen LogP contribution is -2.28. The molecule has 0 radical (unpaired) electrons. The number of rotatable bonds is 9. The molecule has 6 N–H and O–H groups in total. The third kappa shape index (κ3) is 6.97. The second-order valence-electron chi connectivity index (χ2n) is 4.95. The van der Waals surface area contributed by atoms with Crippen LogP contribution in [0.25, 0.3) is 0 Å². The van der Waals surface area contributed by atoms with E-state index in [2.05, 4.69) is 18.1 Å². The minimum atomic E-state index is -5.61. The maximum atomic E-state index is 11.8. The van der Waals surface area contributed by atoms with Gasteiger partial charge in [-0.1, -0.05) is 6.08 Å². The molecule has 1 aliphatic rings. The molecule has 0 saturated heterocycles. The minimum absolute atomic E-state index is 0.104. The topological polar surface area (TPSA) is 236 Å². The summed E-state index contributed by atoms with van der Waals surface area (Å²) in [7, 11) is -16.4. The Morgan fingerprint density at radius 3 is 2.39 bits per heavy atom. The highest BCUT2D eigenvalue weighted by Crippen LogP contribution is 2.66. The number of ether oxygens (including phenoxy) is 1. The highest BCUT2D eigenvalue weighted by molar-refractivity contribution is 7.66. The van der Waals surface area contributed by atoms with Gasteiger partial charge in [-0.05, 0) is 12.1 Å². The van der Waals surface area contributed by atoms with Crippen molar-refractivity contribution in [3.8, 4) is 0 Å². The van der Waals surface area contributed by atoms with Crippen LogP contribution < -0.4 is 11.2 Å². The summed E-state index contributed by atoms with van der Waals surface area (Å²) in [6.07, 6.45) is 1.98. The lowest BCUT2D eigenvalue weighted by atomic mass is 10.4. The number of hydrogen-bond acceptors (Lipinski definition) is 11. The van der Waals surface area contributed by atoms with Crippen molar-refractivity contribution in [2.75, 3.05) is 12.1 Å². The largest absolute Gasteiger partial charge is 0.490 e. The zero-order valence-electron chi connectivity index (χ0n) is 13.4. The number of anilines is 1. The Kier molecular flexibility index (Phi) is 7.10. The SMILES string of the molecule is O=c1nc(NO)ccn1[C@@H]1C=C[C@H](COP(=O)(O)OP(=O)(O)OP(=O)(O)O)O1. The van der Waals surface area contributed by atoms with Crippen LogP contribution in [0.4, 0.5) is 5.82 Å². The smallest absolute Gasteiger partial charge is 0.344 e. The Bertz CT molecular complexity index is 941. The molecular formula is C9H14N3O13P3. The van der Waals surface area contributed by atoms with Crippen LogP contribution in [0.1, 0.15) is 6.23 Å². The van der Waals surface area contributed by atoms with Gasteiger partial charge < -0.3 is 24.3 Å². The van der Waals surface area contributed by atoms with Crippen LogP contribution in [0.3, 0.4) is 0 Å². The van der Waals surface area contributed by atoms with Gasteiger partial charge >= 0.3 is 29.2 Å². The van der Waals surface area contributed by atoms with E-state index in [9.17, 15) is 23.4 Å². The van der Waals surface area contributed by atoms with Gasteiger partial charge in [-0.25, -0.2) is 18.5 Å². The molecule has 2 rings (SSSR count). The molecule has 19 heteroatoms. The van der Waals surface area contributed by atoms with Crippen molar-refractivity contribution in [1.29, 1.82) is 0 Å². The van der Waals surface area contributed by atoms with Gasteiger partial charge in [-0.3, -0.25) is 19.8 Å². The van der Waals surface area contributed by atoms with Gasteiger partial charge in [0.05, 0.1) is 6.61 Å². The molecule has 0 amide bonds. The minimum Gasteiger partial charge on any atom is -0.344 e. The summed E-state index contributed by atoms with van der Waals surface area (Å²) in [6, 6.07) is 1.26. The van der Waals surface area contributed by atoms with Crippen LogP contribution in [0.15, 0.2) is 29.2 Å². The molecule has 1 aromatic heterocycles. The molecule has 1 aromatic rings. The number of hydrogen-bond donors (Lipinski definition) is 6. The number of phosphoric acid groups is 3. The molecule has 1 aliphatic heterocycles. The molecule has 2 heterocycles. The quantitative estimate of drug-likeness (QED) is 0.158. The number of nitrogens with zero attached hydrogens (tertiary/aromatic N) is 2. The summed E-state index contributed by atoms with van der Waals surface area (Å²) in [6.45, 7) is -0.699. The van der Waals surface area contributed by atoms with Gasteiger partial charge in [0, 0.05) is 6.20 Å². The summed E-state index contributed by atoms with van der Waals surface area (Å²) in [4.78, 5) is 50.5. The Morgan fingerprint density at radius 1 is 1.14 bits per heavy atom. The van der Waals surface area contributed by atoms with Crippen LogP contribution in [0, 0.1) is 0 Å². The molecule has 0 aliphatic carbocycles. The first-order valence-electron chi connectivity index (χ1n) is 6.92.